The molecule has 1 amide bonds. The minimum Gasteiger partial charge on any atom is -0.396 e. The van der Waals surface area contributed by atoms with Crippen LogP contribution < -0.4 is 5.32 Å². The second-order valence-electron chi connectivity index (χ2n) is 6.04. The van der Waals surface area contributed by atoms with Gasteiger partial charge in [-0.25, -0.2) is 4.68 Å². The number of ether oxygens (including phenoxy) is 1. The average Bonchev–Trinajstić information content (AvgIpc) is 3.08. The van der Waals surface area contributed by atoms with Crippen molar-refractivity contribution in [3.05, 3.63) is 11.9 Å². The number of hydrogen-bond acceptors (Lipinski definition) is 6. The predicted octanol–water partition coefficient (Wildman–Crippen LogP) is 0.0621. The molecule has 130 valence electrons. The van der Waals surface area contributed by atoms with Crippen molar-refractivity contribution < 1.29 is 14.6 Å². The summed E-state index contributed by atoms with van der Waals surface area (Å²) >= 11 is 0. The number of amides is 1. The molecule has 1 fully saturated rings. The van der Waals surface area contributed by atoms with Gasteiger partial charge in [0.1, 0.15) is 0 Å². The maximum atomic E-state index is 12.2. The van der Waals surface area contributed by atoms with Crippen LogP contribution in [0.25, 0.3) is 0 Å². The van der Waals surface area contributed by atoms with Gasteiger partial charge in [-0.1, -0.05) is 5.21 Å². The zero-order chi connectivity index (χ0) is 16.7. The molecule has 0 radical (unpaired) electrons. The summed E-state index contributed by atoms with van der Waals surface area (Å²) in [4.78, 5) is 14.3. The summed E-state index contributed by atoms with van der Waals surface area (Å²) in [5.74, 6) is -0.203. The number of hydrogen-bond donors (Lipinski definition) is 2. The van der Waals surface area contributed by atoms with E-state index in [0.29, 0.717) is 12.2 Å². The van der Waals surface area contributed by atoms with E-state index in [1.807, 2.05) is 14.0 Å². The number of aromatic nitrogens is 3. The Balaban J connectivity index is 1.80. The van der Waals surface area contributed by atoms with Crippen molar-refractivity contribution in [2.24, 2.45) is 0 Å². The summed E-state index contributed by atoms with van der Waals surface area (Å²) in [5.41, 5.74) is 0.349. The van der Waals surface area contributed by atoms with Crippen LogP contribution in [0, 0.1) is 0 Å². The lowest BCUT2D eigenvalue weighted by molar-refractivity contribution is 0.0657. The van der Waals surface area contributed by atoms with Crippen LogP contribution in [0.3, 0.4) is 0 Å². The van der Waals surface area contributed by atoms with Crippen molar-refractivity contribution in [1.29, 1.82) is 0 Å². The highest BCUT2D eigenvalue weighted by Crippen LogP contribution is 2.19. The lowest BCUT2D eigenvalue weighted by atomic mass is 10.1. The first-order valence-corrected chi connectivity index (χ1v) is 8.20. The van der Waals surface area contributed by atoms with Gasteiger partial charge in [0.25, 0.3) is 5.91 Å². The Kier molecular flexibility index (Phi) is 6.94. The molecular weight excluding hydrogens is 298 g/mol. The van der Waals surface area contributed by atoms with E-state index >= 15 is 0 Å². The van der Waals surface area contributed by atoms with Gasteiger partial charge in [0, 0.05) is 39.0 Å². The van der Waals surface area contributed by atoms with E-state index in [1.165, 1.54) is 0 Å². The van der Waals surface area contributed by atoms with E-state index in [9.17, 15) is 4.79 Å². The minimum absolute atomic E-state index is 0.179. The maximum Gasteiger partial charge on any atom is 0.273 e. The van der Waals surface area contributed by atoms with Gasteiger partial charge in [-0.2, -0.15) is 0 Å². The maximum absolute atomic E-state index is 12.2. The zero-order valence-corrected chi connectivity index (χ0v) is 13.9. The van der Waals surface area contributed by atoms with Crippen molar-refractivity contribution in [2.45, 2.75) is 38.3 Å². The molecule has 0 spiro atoms. The molecule has 2 N–H and O–H groups in total. The molecule has 8 heteroatoms. The lowest BCUT2D eigenvalue weighted by Crippen LogP contribution is -2.40. The van der Waals surface area contributed by atoms with E-state index in [0.717, 1.165) is 39.0 Å². The second kappa shape index (κ2) is 8.95. The SMILES string of the molecule is CC(CNC(=O)c1cn(C2CCOCC2)nn1)N(C)CCCO. The fourth-order valence-corrected chi connectivity index (χ4v) is 2.54. The van der Waals surface area contributed by atoms with Crippen molar-refractivity contribution in [3.63, 3.8) is 0 Å². The molecule has 1 atom stereocenters. The number of likely N-dealkylation sites (N-methyl/N-ethyl adjacent to an activating group) is 1. The van der Waals surface area contributed by atoms with Gasteiger partial charge in [0.2, 0.25) is 0 Å². The van der Waals surface area contributed by atoms with E-state index in [4.69, 9.17) is 9.84 Å². The Bertz CT molecular complexity index is 487. The summed E-state index contributed by atoms with van der Waals surface area (Å²) in [5, 5.41) is 19.8. The quantitative estimate of drug-likeness (QED) is 0.702. The van der Waals surface area contributed by atoms with Gasteiger partial charge in [-0.15, -0.1) is 5.10 Å². The third-order valence-corrected chi connectivity index (χ3v) is 4.29. The first-order valence-electron chi connectivity index (χ1n) is 8.20. The molecule has 1 aromatic heterocycles. The Labute approximate surface area is 136 Å². The van der Waals surface area contributed by atoms with E-state index in [1.54, 1.807) is 10.9 Å². The highest BCUT2D eigenvalue weighted by atomic mass is 16.5. The number of aliphatic hydroxyl groups is 1. The van der Waals surface area contributed by atoms with Gasteiger partial charge >= 0.3 is 0 Å². The topological polar surface area (TPSA) is 92.5 Å². The summed E-state index contributed by atoms with van der Waals surface area (Å²) in [6.07, 6.45) is 4.24. The van der Waals surface area contributed by atoms with Crippen LogP contribution in [-0.4, -0.2) is 76.9 Å². The van der Waals surface area contributed by atoms with E-state index < -0.39 is 0 Å². The van der Waals surface area contributed by atoms with Gasteiger partial charge in [0.15, 0.2) is 5.69 Å². The molecule has 1 aliphatic rings. The van der Waals surface area contributed by atoms with Gasteiger partial charge in [0.05, 0.1) is 12.2 Å². The molecule has 1 unspecified atom stereocenters. The number of rotatable bonds is 8. The van der Waals surface area contributed by atoms with Crippen LogP contribution in [0.2, 0.25) is 0 Å². The fourth-order valence-electron chi connectivity index (χ4n) is 2.54. The molecule has 0 aliphatic carbocycles. The largest absolute Gasteiger partial charge is 0.396 e. The summed E-state index contributed by atoms with van der Waals surface area (Å²) in [6, 6.07) is 0.456. The van der Waals surface area contributed by atoms with Gasteiger partial charge in [-0.3, -0.25) is 4.79 Å². The van der Waals surface area contributed by atoms with Crippen LogP contribution in [0.5, 0.6) is 0 Å². The van der Waals surface area contributed by atoms with Crippen LogP contribution in [0.1, 0.15) is 42.7 Å². The highest BCUT2D eigenvalue weighted by Gasteiger charge is 2.19. The minimum atomic E-state index is -0.203. The Morgan fingerprint density at radius 2 is 2.30 bits per heavy atom. The van der Waals surface area contributed by atoms with Gasteiger partial charge in [-0.05, 0) is 33.2 Å². The molecule has 0 aromatic carbocycles. The second-order valence-corrected chi connectivity index (χ2v) is 6.04. The molecule has 23 heavy (non-hydrogen) atoms. The van der Waals surface area contributed by atoms with E-state index in [-0.39, 0.29) is 24.6 Å². The monoisotopic (exact) mass is 325 g/mol. The molecule has 8 nitrogen and oxygen atoms in total. The van der Waals surface area contributed by atoms with Crippen molar-refractivity contribution in [1.82, 2.24) is 25.2 Å². The number of aliphatic hydroxyl groups excluding tert-OH is 1. The highest BCUT2D eigenvalue weighted by molar-refractivity contribution is 5.91. The fraction of sp³-hybridized carbons (Fsp3) is 0.800. The third kappa shape index (κ3) is 5.26. The number of carbonyl (C=O) groups excluding carboxylic acids is 1. The van der Waals surface area contributed by atoms with Crippen molar-refractivity contribution in [3.8, 4) is 0 Å². The zero-order valence-electron chi connectivity index (χ0n) is 13.9. The molecule has 1 saturated heterocycles. The molecule has 0 saturated carbocycles. The molecule has 1 aromatic rings. The lowest BCUT2D eigenvalue weighted by Gasteiger charge is -2.24. The Morgan fingerprint density at radius 1 is 1.57 bits per heavy atom. The summed E-state index contributed by atoms with van der Waals surface area (Å²) < 4.78 is 7.10. The molecule has 1 aliphatic heterocycles. The Hall–Kier alpha value is -1.51. The van der Waals surface area contributed by atoms with Crippen molar-refractivity contribution in [2.75, 3.05) is 40.0 Å². The van der Waals surface area contributed by atoms with Crippen LogP contribution >= 0.6 is 0 Å². The summed E-state index contributed by atoms with van der Waals surface area (Å²) in [7, 11) is 1.98. The molecule has 2 rings (SSSR count). The Morgan fingerprint density at radius 3 is 3.00 bits per heavy atom. The number of carbonyl (C=O) groups is 1. The number of nitrogens with one attached hydrogen (secondary N) is 1. The van der Waals surface area contributed by atoms with Crippen LogP contribution in [0.4, 0.5) is 0 Å². The molecular formula is C15H27N5O3. The predicted molar refractivity (Wildman–Crippen MR) is 85.2 cm³/mol. The van der Waals surface area contributed by atoms with Crippen LogP contribution in [-0.2, 0) is 4.74 Å². The third-order valence-electron chi connectivity index (χ3n) is 4.29. The first kappa shape index (κ1) is 17.8. The normalized spacial score (nSPS) is 17.4. The molecule has 2 heterocycles. The average molecular weight is 325 g/mol. The molecule has 0 bridgehead atoms. The van der Waals surface area contributed by atoms with E-state index in [2.05, 4.69) is 20.5 Å². The van der Waals surface area contributed by atoms with Crippen LogP contribution in [0.15, 0.2) is 6.20 Å². The van der Waals surface area contributed by atoms with Crippen molar-refractivity contribution >= 4 is 5.91 Å². The standard InChI is InChI=1S/C15H27N5O3/c1-12(19(2)6-3-7-21)10-16-15(22)14-11-20(18-17-14)13-4-8-23-9-5-13/h11-13,21H,3-10H2,1-2H3,(H,16,22). The first-order chi connectivity index (χ1) is 11.1. The number of nitrogens with zero attached hydrogens (tertiary/aromatic N) is 4. The van der Waals surface area contributed by atoms with Gasteiger partial charge < -0.3 is 20.1 Å². The smallest absolute Gasteiger partial charge is 0.273 e. The summed E-state index contributed by atoms with van der Waals surface area (Å²) in [6.45, 7) is 5.00.